The van der Waals surface area contributed by atoms with Gasteiger partial charge in [0, 0.05) is 25.6 Å². The number of nitrogens with one attached hydrogen (secondary N) is 2. The summed E-state index contributed by atoms with van der Waals surface area (Å²) in [6.07, 6.45) is 1.81. The molecular formula is C28H31N3O4. The maximum atomic E-state index is 13.5. The maximum absolute atomic E-state index is 13.5. The minimum Gasteiger partial charge on any atom is -0.497 e. The van der Waals surface area contributed by atoms with Crippen molar-refractivity contribution in [1.29, 1.82) is 0 Å². The first-order valence-electron chi connectivity index (χ1n) is 12.2. The summed E-state index contributed by atoms with van der Waals surface area (Å²) in [7, 11) is 1.65. The van der Waals surface area contributed by atoms with Crippen molar-refractivity contribution in [3.8, 4) is 5.75 Å². The molecule has 1 saturated heterocycles. The third-order valence-corrected chi connectivity index (χ3v) is 6.78. The average molecular weight is 474 g/mol. The first-order chi connectivity index (χ1) is 17.1. The van der Waals surface area contributed by atoms with Gasteiger partial charge in [-0.15, -0.1) is 0 Å². The number of hydrogen-bond acceptors (Lipinski definition) is 5. The maximum Gasteiger partial charge on any atom is 0.253 e. The number of nitrogens with zero attached hydrogens (tertiary/aromatic N) is 1. The van der Waals surface area contributed by atoms with E-state index in [9.17, 15) is 9.59 Å². The third kappa shape index (κ3) is 5.47. The Balaban J connectivity index is 1.39. The third-order valence-electron chi connectivity index (χ3n) is 6.78. The van der Waals surface area contributed by atoms with Crippen molar-refractivity contribution in [2.75, 3.05) is 45.3 Å². The van der Waals surface area contributed by atoms with Crippen molar-refractivity contribution >= 4 is 28.3 Å². The largest absolute Gasteiger partial charge is 0.497 e. The molecule has 7 nitrogen and oxygen atoms in total. The van der Waals surface area contributed by atoms with Crippen molar-refractivity contribution in [1.82, 2.24) is 10.2 Å². The van der Waals surface area contributed by atoms with Gasteiger partial charge in [-0.25, -0.2) is 0 Å². The van der Waals surface area contributed by atoms with Gasteiger partial charge in [-0.05, 0) is 53.4 Å². The van der Waals surface area contributed by atoms with E-state index in [1.807, 2.05) is 60.7 Å². The Morgan fingerprint density at radius 2 is 1.71 bits per heavy atom. The number of ether oxygens (including phenoxy) is 2. The van der Waals surface area contributed by atoms with Crippen LogP contribution in [-0.2, 0) is 9.53 Å². The Labute approximate surface area is 205 Å². The SMILES string of the molecule is COc1ccc(C(CNC(=O)c2cc3ccccc3cc2NC(=O)C2CC2)N2CCOCC2)cc1. The van der Waals surface area contributed by atoms with Gasteiger partial charge in [0.1, 0.15) is 5.75 Å². The molecule has 1 heterocycles. The summed E-state index contributed by atoms with van der Waals surface area (Å²) in [4.78, 5) is 28.3. The zero-order chi connectivity index (χ0) is 24.2. The molecular weight excluding hydrogens is 442 g/mol. The summed E-state index contributed by atoms with van der Waals surface area (Å²) in [6, 6.07) is 19.6. The molecule has 0 radical (unpaired) electrons. The van der Waals surface area contributed by atoms with E-state index in [-0.39, 0.29) is 23.8 Å². The van der Waals surface area contributed by atoms with Gasteiger partial charge in [0.2, 0.25) is 5.91 Å². The van der Waals surface area contributed by atoms with Gasteiger partial charge >= 0.3 is 0 Å². The molecule has 7 heteroatoms. The van der Waals surface area contributed by atoms with Gasteiger partial charge in [0.05, 0.1) is 37.6 Å². The molecule has 3 aromatic carbocycles. The van der Waals surface area contributed by atoms with Crippen molar-refractivity contribution in [2.24, 2.45) is 5.92 Å². The molecule has 1 saturated carbocycles. The minimum atomic E-state index is -0.200. The first kappa shape index (κ1) is 23.3. The summed E-state index contributed by atoms with van der Waals surface area (Å²) in [6.45, 7) is 3.37. The Bertz CT molecular complexity index is 1200. The number of methoxy groups -OCH3 is 1. The number of carbonyl (C=O) groups excluding carboxylic acids is 2. The lowest BCUT2D eigenvalue weighted by atomic mass is 10.0. The summed E-state index contributed by atoms with van der Waals surface area (Å²) in [5.74, 6) is 0.635. The Hall–Kier alpha value is -3.42. The highest BCUT2D eigenvalue weighted by atomic mass is 16.5. The van der Waals surface area contributed by atoms with Crippen LogP contribution in [0.5, 0.6) is 5.75 Å². The molecule has 5 rings (SSSR count). The van der Waals surface area contributed by atoms with Crippen LogP contribution in [0.3, 0.4) is 0 Å². The standard InChI is InChI=1S/C28H31N3O4/c1-34-23-10-8-19(9-11-23)26(31-12-14-35-15-13-31)18-29-28(33)24-16-21-4-2-3-5-22(21)17-25(24)30-27(32)20-6-7-20/h2-5,8-11,16-17,20,26H,6-7,12-15,18H2,1H3,(H,29,33)(H,30,32). The van der Waals surface area contributed by atoms with Crippen LogP contribution < -0.4 is 15.4 Å². The number of fused-ring (bicyclic) bond motifs is 1. The molecule has 1 atom stereocenters. The van der Waals surface area contributed by atoms with E-state index >= 15 is 0 Å². The molecule has 2 fully saturated rings. The van der Waals surface area contributed by atoms with Crippen LogP contribution in [0.2, 0.25) is 0 Å². The lowest BCUT2D eigenvalue weighted by Crippen LogP contribution is -2.43. The van der Waals surface area contributed by atoms with E-state index in [1.54, 1.807) is 7.11 Å². The molecule has 0 aromatic heterocycles. The van der Waals surface area contributed by atoms with Gasteiger partial charge in [-0.2, -0.15) is 0 Å². The quantitative estimate of drug-likeness (QED) is 0.517. The second-order valence-corrected chi connectivity index (χ2v) is 9.16. The minimum absolute atomic E-state index is 0.00119. The number of hydrogen-bond donors (Lipinski definition) is 2. The predicted octanol–water partition coefficient (Wildman–Crippen LogP) is 4.00. The number of rotatable bonds is 8. The summed E-state index contributed by atoms with van der Waals surface area (Å²) in [5, 5.41) is 8.09. The van der Waals surface area contributed by atoms with Gasteiger partial charge in [-0.3, -0.25) is 14.5 Å². The van der Waals surface area contributed by atoms with Crippen LogP contribution in [0.15, 0.2) is 60.7 Å². The van der Waals surface area contributed by atoms with Crippen molar-refractivity contribution in [3.05, 3.63) is 71.8 Å². The lowest BCUT2D eigenvalue weighted by Gasteiger charge is -2.35. The van der Waals surface area contributed by atoms with Crippen LogP contribution in [0, 0.1) is 5.92 Å². The summed E-state index contributed by atoms with van der Waals surface area (Å²) < 4.78 is 10.9. The normalized spacial score (nSPS) is 17.1. The van der Waals surface area contributed by atoms with Crippen molar-refractivity contribution in [3.63, 3.8) is 0 Å². The number of morpholine rings is 1. The van der Waals surface area contributed by atoms with E-state index in [4.69, 9.17) is 9.47 Å². The van der Waals surface area contributed by atoms with Gasteiger partial charge < -0.3 is 20.1 Å². The molecule has 2 amide bonds. The summed E-state index contributed by atoms with van der Waals surface area (Å²) in [5.41, 5.74) is 2.15. The average Bonchev–Trinajstić information content (AvgIpc) is 3.75. The first-order valence-corrected chi connectivity index (χ1v) is 12.2. The number of amides is 2. The predicted molar refractivity (Wildman–Crippen MR) is 136 cm³/mol. The molecule has 3 aromatic rings. The monoisotopic (exact) mass is 473 g/mol. The highest BCUT2D eigenvalue weighted by molar-refractivity contribution is 6.08. The van der Waals surface area contributed by atoms with Gasteiger partial charge in [-0.1, -0.05) is 36.4 Å². The van der Waals surface area contributed by atoms with Crippen LogP contribution in [0.4, 0.5) is 5.69 Å². The van der Waals surface area contributed by atoms with Gasteiger partial charge in [0.15, 0.2) is 0 Å². The fourth-order valence-electron chi connectivity index (χ4n) is 4.57. The Morgan fingerprint density at radius 3 is 2.37 bits per heavy atom. The topological polar surface area (TPSA) is 79.9 Å². The molecule has 0 spiro atoms. The number of benzene rings is 3. The molecule has 1 unspecified atom stereocenters. The molecule has 35 heavy (non-hydrogen) atoms. The van der Waals surface area contributed by atoms with E-state index in [0.29, 0.717) is 31.0 Å². The molecule has 2 aliphatic rings. The zero-order valence-corrected chi connectivity index (χ0v) is 20.0. The smallest absolute Gasteiger partial charge is 0.253 e. The van der Waals surface area contributed by atoms with Crippen molar-refractivity contribution in [2.45, 2.75) is 18.9 Å². The molecule has 0 bridgehead atoms. The van der Waals surface area contributed by atoms with E-state index < -0.39 is 0 Å². The van der Waals surface area contributed by atoms with Crippen LogP contribution in [-0.4, -0.2) is 56.7 Å². The van der Waals surface area contributed by atoms with E-state index in [1.165, 1.54) is 0 Å². The zero-order valence-electron chi connectivity index (χ0n) is 20.0. The fourth-order valence-corrected chi connectivity index (χ4v) is 4.57. The van der Waals surface area contributed by atoms with Crippen LogP contribution in [0.25, 0.3) is 10.8 Å². The fraction of sp³-hybridized carbons (Fsp3) is 0.357. The van der Waals surface area contributed by atoms with Crippen molar-refractivity contribution < 1.29 is 19.1 Å². The lowest BCUT2D eigenvalue weighted by molar-refractivity contribution is -0.117. The Morgan fingerprint density at radius 1 is 1.03 bits per heavy atom. The molecule has 1 aliphatic carbocycles. The molecule has 182 valence electrons. The van der Waals surface area contributed by atoms with E-state index in [0.717, 1.165) is 48.0 Å². The highest BCUT2D eigenvalue weighted by Crippen LogP contribution is 2.32. The second-order valence-electron chi connectivity index (χ2n) is 9.16. The van der Waals surface area contributed by atoms with E-state index in [2.05, 4.69) is 15.5 Å². The number of carbonyl (C=O) groups is 2. The Kier molecular flexibility index (Phi) is 6.97. The van der Waals surface area contributed by atoms with Gasteiger partial charge in [0.25, 0.3) is 5.91 Å². The molecule has 1 aliphatic heterocycles. The second kappa shape index (κ2) is 10.5. The summed E-state index contributed by atoms with van der Waals surface area (Å²) >= 11 is 0. The highest BCUT2D eigenvalue weighted by Gasteiger charge is 2.30. The number of anilines is 1. The molecule has 2 N–H and O–H groups in total. The van der Waals surface area contributed by atoms with Crippen LogP contribution >= 0.6 is 0 Å². The van der Waals surface area contributed by atoms with Crippen LogP contribution in [0.1, 0.15) is 34.8 Å².